The molecule has 0 aromatic carbocycles. The summed E-state index contributed by atoms with van der Waals surface area (Å²) in [6.07, 6.45) is 1.33. The van der Waals surface area contributed by atoms with Crippen LogP contribution in [0.5, 0.6) is 0 Å². The van der Waals surface area contributed by atoms with Gasteiger partial charge < -0.3 is 42.6 Å². The summed E-state index contributed by atoms with van der Waals surface area (Å²) in [5.41, 5.74) is 11.4. The maximum absolute atomic E-state index is 12.7. The number of H-pyrrole nitrogens is 1. The van der Waals surface area contributed by atoms with Crippen LogP contribution in [0.1, 0.15) is 25.0 Å². The maximum Gasteiger partial charge on any atom is 0.326 e. The zero-order chi connectivity index (χ0) is 25.8. The van der Waals surface area contributed by atoms with Gasteiger partial charge in [0.05, 0.1) is 18.8 Å². The summed E-state index contributed by atoms with van der Waals surface area (Å²) in [5.74, 6) is -6.65. The van der Waals surface area contributed by atoms with Crippen LogP contribution in [-0.2, 0) is 35.2 Å². The van der Waals surface area contributed by atoms with Crippen LogP contribution in [0.25, 0.3) is 0 Å². The Bertz CT molecular complexity index is 895. The predicted molar refractivity (Wildman–Crippen MR) is 118 cm³/mol. The minimum absolute atomic E-state index is 0.104. The van der Waals surface area contributed by atoms with Crippen LogP contribution >= 0.6 is 12.6 Å². The zero-order valence-electron chi connectivity index (χ0n) is 17.9. The number of hydrogen-bond acceptors (Lipinski definition) is 9. The van der Waals surface area contributed by atoms with Crippen molar-refractivity contribution in [3.05, 3.63) is 18.2 Å². The van der Waals surface area contributed by atoms with Gasteiger partial charge in [-0.1, -0.05) is 0 Å². The quantitative estimate of drug-likeness (QED) is 0.107. The second-order valence-corrected chi connectivity index (χ2v) is 7.56. The highest BCUT2D eigenvalue weighted by molar-refractivity contribution is 7.80. The average molecular weight is 502 g/mol. The van der Waals surface area contributed by atoms with Gasteiger partial charge in [0.25, 0.3) is 0 Å². The molecule has 0 saturated heterocycles. The number of rotatable bonds is 15. The highest BCUT2D eigenvalue weighted by Crippen LogP contribution is 2.03. The van der Waals surface area contributed by atoms with E-state index in [9.17, 15) is 28.8 Å². The van der Waals surface area contributed by atoms with Crippen LogP contribution in [0.15, 0.2) is 12.5 Å². The first-order valence-corrected chi connectivity index (χ1v) is 10.6. The maximum atomic E-state index is 12.7. The van der Waals surface area contributed by atoms with Crippen LogP contribution < -0.4 is 27.4 Å². The molecule has 4 atom stereocenters. The number of carbonyl (C=O) groups excluding carboxylic acids is 4. The molecule has 4 unspecified atom stereocenters. The van der Waals surface area contributed by atoms with E-state index in [1.54, 1.807) is 0 Å². The lowest BCUT2D eigenvalue weighted by Crippen LogP contribution is -2.58. The number of primary amides is 1. The normalized spacial score (nSPS) is 14.2. The number of thiol groups is 1. The Balaban J connectivity index is 2.86. The fraction of sp³-hybridized carbons (Fsp3) is 0.500. The lowest BCUT2D eigenvalue weighted by Gasteiger charge is -2.24. The molecule has 4 amide bonds. The third-order valence-corrected chi connectivity index (χ3v) is 4.81. The number of carboxylic acid groups (broad SMARTS) is 2. The number of carbonyl (C=O) groups is 6. The van der Waals surface area contributed by atoms with E-state index in [-0.39, 0.29) is 12.2 Å². The summed E-state index contributed by atoms with van der Waals surface area (Å²) in [4.78, 5) is 77.4. The number of amides is 4. The summed E-state index contributed by atoms with van der Waals surface area (Å²) in [6.45, 7) is 0. The summed E-state index contributed by atoms with van der Waals surface area (Å²) >= 11 is 4.01. The number of nitrogens with two attached hydrogens (primary N) is 2. The number of nitrogens with one attached hydrogen (secondary N) is 4. The molecule has 0 aliphatic carbocycles. The van der Waals surface area contributed by atoms with Gasteiger partial charge in [0.15, 0.2) is 0 Å². The van der Waals surface area contributed by atoms with Gasteiger partial charge in [-0.3, -0.25) is 24.0 Å². The molecule has 0 spiro atoms. The van der Waals surface area contributed by atoms with Gasteiger partial charge in [-0.15, -0.1) is 0 Å². The smallest absolute Gasteiger partial charge is 0.326 e. The third kappa shape index (κ3) is 9.86. The first-order chi connectivity index (χ1) is 15.9. The van der Waals surface area contributed by atoms with E-state index >= 15 is 0 Å². The van der Waals surface area contributed by atoms with E-state index in [1.165, 1.54) is 12.5 Å². The van der Waals surface area contributed by atoms with E-state index in [2.05, 4.69) is 33.2 Å². The minimum Gasteiger partial charge on any atom is -0.481 e. The molecule has 188 valence electrons. The zero-order valence-corrected chi connectivity index (χ0v) is 18.8. The van der Waals surface area contributed by atoms with Crippen molar-refractivity contribution in [1.29, 1.82) is 0 Å². The highest BCUT2D eigenvalue weighted by Gasteiger charge is 2.30. The van der Waals surface area contributed by atoms with Crippen LogP contribution in [-0.4, -0.2) is 85.7 Å². The summed E-state index contributed by atoms with van der Waals surface area (Å²) < 4.78 is 0. The number of aromatic amines is 1. The van der Waals surface area contributed by atoms with Crippen molar-refractivity contribution in [2.45, 2.75) is 49.9 Å². The number of hydrogen-bond donors (Lipinski definition) is 9. The van der Waals surface area contributed by atoms with Gasteiger partial charge in [0.1, 0.15) is 18.1 Å². The molecule has 16 heteroatoms. The fourth-order valence-electron chi connectivity index (χ4n) is 2.68. The van der Waals surface area contributed by atoms with Gasteiger partial charge in [-0.05, 0) is 6.42 Å². The van der Waals surface area contributed by atoms with E-state index in [1.807, 2.05) is 5.32 Å². The predicted octanol–water partition coefficient (Wildman–Crippen LogP) is -3.51. The molecular weight excluding hydrogens is 474 g/mol. The number of aliphatic carboxylic acids is 2. The molecule has 0 aliphatic heterocycles. The Morgan fingerprint density at radius 2 is 1.59 bits per heavy atom. The lowest BCUT2D eigenvalue weighted by atomic mass is 10.1. The molecule has 1 rings (SSSR count). The average Bonchev–Trinajstić information content (AvgIpc) is 3.26. The SMILES string of the molecule is NC(=O)CC(NC(=O)C(CCC(=O)O)NC(=O)C(CS)NC(=O)C(N)Cc1cnc[nH]1)C(=O)O. The first kappa shape index (κ1) is 28.4. The van der Waals surface area contributed by atoms with Crippen LogP contribution in [0.2, 0.25) is 0 Å². The molecule has 0 radical (unpaired) electrons. The molecule has 1 aromatic heterocycles. The Labute approximate surface area is 198 Å². The van der Waals surface area contributed by atoms with Crippen molar-refractivity contribution in [2.24, 2.45) is 11.5 Å². The topological polar surface area (TPSA) is 260 Å². The van der Waals surface area contributed by atoms with Gasteiger partial charge in [0.2, 0.25) is 23.6 Å². The summed E-state index contributed by atoms with van der Waals surface area (Å²) in [6, 6.07) is -5.46. The molecule has 0 bridgehead atoms. The Morgan fingerprint density at radius 1 is 1.00 bits per heavy atom. The monoisotopic (exact) mass is 501 g/mol. The van der Waals surface area contributed by atoms with Crippen molar-refractivity contribution in [1.82, 2.24) is 25.9 Å². The minimum atomic E-state index is -1.69. The van der Waals surface area contributed by atoms with Crippen molar-refractivity contribution in [3.63, 3.8) is 0 Å². The molecule has 15 nitrogen and oxygen atoms in total. The second-order valence-electron chi connectivity index (χ2n) is 7.19. The van der Waals surface area contributed by atoms with Gasteiger partial charge in [-0.25, -0.2) is 9.78 Å². The standard InChI is InChI=1S/C18H27N7O8S/c19-9(3-8-5-21-7-22-8)15(29)25-12(6-34)17(31)23-10(1-2-14(27)28)16(30)24-11(18(32)33)4-13(20)26/h5,7,9-12,34H,1-4,6,19H2,(H2,20,26)(H,21,22)(H,23,31)(H,24,30)(H,25,29)(H,27,28)(H,32,33). The van der Waals surface area contributed by atoms with E-state index in [0.717, 1.165) is 0 Å². The third-order valence-electron chi connectivity index (χ3n) is 4.45. The van der Waals surface area contributed by atoms with Gasteiger partial charge >= 0.3 is 11.9 Å². The molecule has 0 aliphatic rings. The fourth-order valence-corrected chi connectivity index (χ4v) is 2.94. The second kappa shape index (κ2) is 13.8. The molecule has 1 heterocycles. The summed E-state index contributed by atoms with van der Waals surface area (Å²) in [5, 5.41) is 24.7. The Kier molecular flexibility index (Phi) is 11.5. The van der Waals surface area contributed by atoms with Gasteiger partial charge in [-0.2, -0.15) is 12.6 Å². The van der Waals surface area contributed by atoms with E-state index < -0.39 is 79.0 Å². The molecule has 0 saturated carbocycles. The Morgan fingerprint density at radius 3 is 2.09 bits per heavy atom. The van der Waals surface area contributed by atoms with Crippen molar-refractivity contribution in [3.8, 4) is 0 Å². The molecule has 1 aromatic rings. The molecule has 10 N–H and O–H groups in total. The van der Waals surface area contributed by atoms with Crippen molar-refractivity contribution >= 4 is 48.2 Å². The van der Waals surface area contributed by atoms with Crippen molar-refractivity contribution in [2.75, 3.05) is 5.75 Å². The molecule has 34 heavy (non-hydrogen) atoms. The van der Waals surface area contributed by atoms with Crippen molar-refractivity contribution < 1.29 is 39.0 Å². The highest BCUT2D eigenvalue weighted by atomic mass is 32.1. The number of imidazole rings is 1. The van der Waals surface area contributed by atoms with Crippen LogP contribution in [0, 0.1) is 0 Å². The largest absolute Gasteiger partial charge is 0.481 e. The molecular formula is C18H27N7O8S. The van der Waals surface area contributed by atoms with Crippen LogP contribution in [0.3, 0.4) is 0 Å². The van der Waals surface area contributed by atoms with E-state index in [0.29, 0.717) is 5.69 Å². The number of aromatic nitrogens is 2. The molecule has 0 fully saturated rings. The lowest BCUT2D eigenvalue weighted by molar-refractivity contribution is -0.144. The Hall–Kier alpha value is -3.66. The van der Waals surface area contributed by atoms with Crippen LogP contribution in [0.4, 0.5) is 0 Å². The van der Waals surface area contributed by atoms with Gasteiger partial charge in [0, 0.05) is 30.5 Å². The first-order valence-electron chi connectivity index (χ1n) is 9.92. The number of carboxylic acids is 2. The van der Waals surface area contributed by atoms with E-state index in [4.69, 9.17) is 21.7 Å². The summed E-state index contributed by atoms with van der Waals surface area (Å²) in [7, 11) is 0. The number of nitrogens with zero attached hydrogens (tertiary/aromatic N) is 1.